The Kier molecular flexibility index (Phi) is 5.58. The summed E-state index contributed by atoms with van der Waals surface area (Å²) in [5.41, 5.74) is -0.324. The van der Waals surface area contributed by atoms with Gasteiger partial charge in [-0.25, -0.2) is 0 Å². The molecule has 0 radical (unpaired) electrons. The Hall–Kier alpha value is 0.740. The van der Waals surface area contributed by atoms with Gasteiger partial charge in [0.15, 0.2) is 10.2 Å². The van der Waals surface area contributed by atoms with Gasteiger partial charge >= 0.3 is 0 Å². The van der Waals surface area contributed by atoms with Gasteiger partial charge in [-0.1, -0.05) is 23.5 Å². The van der Waals surface area contributed by atoms with E-state index in [0.717, 1.165) is 66.6 Å². The molecule has 1 heterocycles. The fourth-order valence-electron chi connectivity index (χ4n) is 5.75. The largest absolute Gasteiger partial charge is 0.287 e. The molecule has 6 heteroatoms. The van der Waals surface area contributed by atoms with Crippen LogP contribution in [0.1, 0.15) is 38.5 Å². The zero-order valence-electron chi connectivity index (χ0n) is 14.1. The number of thioether (sulfide) groups is 4. The highest BCUT2D eigenvalue weighted by Gasteiger charge is 2.62. The first-order valence-electron chi connectivity index (χ1n) is 9.12. The van der Waals surface area contributed by atoms with E-state index in [1.165, 1.54) is 6.42 Å². The first kappa shape index (κ1) is 18.1. The Morgan fingerprint density at radius 2 is 1.08 bits per heavy atom. The zero-order valence-corrected chi connectivity index (χ0v) is 17.4. The summed E-state index contributed by atoms with van der Waals surface area (Å²) in [4.78, 5) is 26.2. The van der Waals surface area contributed by atoms with E-state index in [4.69, 9.17) is 0 Å². The van der Waals surface area contributed by atoms with E-state index in [0.29, 0.717) is 22.1 Å². The fourth-order valence-corrected chi connectivity index (χ4v) is 10.2. The standard InChI is InChI=1S/C18H26O2S4/c19-15-17-8-13-7-14(9-17)11-18(10-13,12-17)16(20)24-6-4-22-2-1-21-3-5-23-15/h13-14H,1-12H2. The maximum Gasteiger partial charge on any atom is 0.195 e. The van der Waals surface area contributed by atoms with Crippen molar-refractivity contribution in [3.8, 4) is 0 Å². The second-order valence-electron chi connectivity index (χ2n) is 8.02. The second-order valence-corrected chi connectivity index (χ2v) is 12.6. The molecule has 5 fully saturated rings. The third-order valence-electron chi connectivity index (χ3n) is 6.22. The molecule has 0 unspecified atom stereocenters. The lowest BCUT2D eigenvalue weighted by Gasteiger charge is -2.60. The van der Waals surface area contributed by atoms with Gasteiger partial charge in [0.05, 0.1) is 0 Å². The van der Waals surface area contributed by atoms with Crippen molar-refractivity contribution >= 4 is 57.3 Å². The van der Waals surface area contributed by atoms with E-state index in [-0.39, 0.29) is 10.8 Å². The van der Waals surface area contributed by atoms with Crippen molar-refractivity contribution in [2.45, 2.75) is 38.5 Å². The van der Waals surface area contributed by atoms with Gasteiger partial charge < -0.3 is 0 Å². The lowest BCUT2D eigenvalue weighted by atomic mass is 9.45. The van der Waals surface area contributed by atoms with Crippen LogP contribution in [0.15, 0.2) is 0 Å². The van der Waals surface area contributed by atoms with Crippen molar-refractivity contribution in [1.29, 1.82) is 0 Å². The minimum absolute atomic E-state index is 0.162. The number of carbonyl (C=O) groups excluding carboxylic acids is 2. The van der Waals surface area contributed by atoms with Crippen molar-refractivity contribution in [2.75, 3.05) is 34.5 Å². The van der Waals surface area contributed by atoms with Gasteiger partial charge in [0.1, 0.15) is 0 Å². The van der Waals surface area contributed by atoms with Crippen LogP contribution in [0.5, 0.6) is 0 Å². The molecule has 0 N–H and O–H groups in total. The number of rotatable bonds is 0. The monoisotopic (exact) mass is 402 g/mol. The lowest BCUT2D eigenvalue weighted by Crippen LogP contribution is -2.56. The molecule has 2 nitrogen and oxygen atoms in total. The van der Waals surface area contributed by atoms with Crippen LogP contribution in [0, 0.1) is 22.7 Å². The fraction of sp³-hybridized carbons (Fsp3) is 0.889. The molecular formula is C18H26O2S4. The normalized spacial score (nSPS) is 44.2. The summed E-state index contributed by atoms with van der Waals surface area (Å²) in [6, 6.07) is 0. The third kappa shape index (κ3) is 3.46. The summed E-state index contributed by atoms with van der Waals surface area (Å²) in [5.74, 6) is 7.63. The molecule has 0 atom stereocenters. The Bertz CT molecular complexity index is 465. The van der Waals surface area contributed by atoms with E-state index >= 15 is 0 Å². The van der Waals surface area contributed by atoms with Crippen LogP contribution in [-0.4, -0.2) is 44.7 Å². The van der Waals surface area contributed by atoms with Crippen LogP contribution in [0.4, 0.5) is 0 Å². The highest BCUT2D eigenvalue weighted by Crippen LogP contribution is 2.67. The van der Waals surface area contributed by atoms with E-state index in [1.54, 1.807) is 23.5 Å². The second kappa shape index (κ2) is 7.40. The third-order valence-corrected chi connectivity index (χ3v) is 11.2. The summed E-state index contributed by atoms with van der Waals surface area (Å²) >= 11 is 7.09. The molecule has 2 spiro atoms. The Morgan fingerprint density at radius 3 is 1.54 bits per heavy atom. The quantitative estimate of drug-likeness (QED) is 0.590. The van der Waals surface area contributed by atoms with E-state index in [2.05, 4.69) is 0 Å². The van der Waals surface area contributed by atoms with Crippen molar-refractivity contribution in [3.05, 3.63) is 0 Å². The Balaban J connectivity index is 1.57. The summed E-state index contributed by atoms with van der Waals surface area (Å²) in [7, 11) is 0. The van der Waals surface area contributed by atoms with Crippen LogP contribution in [-0.2, 0) is 9.59 Å². The Labute approximate surface area is 162 Å². The van der Waals surface area contributed by atoms with Crippen molar-refractivity contribution in [2.24, 2.45) is 22.7 Å². The average molecular weight is 403 g/mol. The maximum absolute atomic E-state index is 13.1. The van der Waals surface area contributed by atoms with Crippen LogP contribution in [0.3, 0.4) is 0 Å². The first-order valence-corrected chi connectivity index (χ1v) is 13.4. The Morgan fingerprint density at radius 1 is 0.667 bits per heavy atom. The molecule has 0 aromatic heterocycles. The predicted octanol–water partition coefficient (Wildman–Crippen LogP) is 4.57. The van der Waals surface area contributed by atoms with Gasteiger partial charge in [-0.2, -0.15) is 23.5 Å². The minimum atomic E-state index is -0.162. The molecule has 4 bridgehead atoms. The van der Waals surface area contributed by atoms with Gasteiger partial charge in [0.25, 0.3) is 0 Å². The molecule has 1 aliphatic heterocycles. The number of hydrogen-bond donors (Lipinski definition) is 0. The van der Waals surface area contributed by atoms with Gasteiger partial charge in [0, 0.05) is 45.3 Å². The molecule has 0 amide bonds. The molecule has 5 aliphatic rings. The molecular weight excluding hydrogens is 376 g/mol. The molecule has 134 valence electrons. The van der Waals surface area contributed by atoms with Crippen molar-refractivity contribution < 1.29 is 9.59 Å². The molecule has 4 aliphatic carbocycles. The summed E-state index contributed by atoms with van der Waals surface area (Å²) < 4.78 is 0. The van der Waals surface area contributed by atoms with E-state index in [1.807, 2.05) is 23.5 Å². The van der Waals surface area contributed by atoms with E-state index < -0.39 is 0 Å². The van der Waals surface area contributed by atoms with Crippen molar-refractivity contribution in [1.82, 2.24) is 0 Å². The minimum Gasteiger partial charge on any atom is -0.287 e. The van der Waals surface area contributed by atoms with Crippen molar-refractivity contribution in [3.63, 3.8) is 0 Å². The molecule has 1 saturated heterocycles. The topological polar surface area (TPSA) is 34.1 Å². The summed E-state index contributed by atoms with van der Waals surface area (Å²) in [6.45, 7) is 0. The van der Waals surface area contributed by atoms with Crippen LogP contribution < -0.4 is 0 Å². The molecule has 0 aromatic rings. The number of hydrogen-bond acceptors (Lipinski definition) is 6. The van der Waals surface area contributed by atoms with Gasteiger partial charge in [0.2, 0.25) is 0 Å². The van der Waals surface area contributed by atoms with Crippen LogP contribution >= 0.6 is 47.0 Å². The molecule has 4 saturated carbocycles. The van der Waals surface area contributed by atoms with E-state index in [9.17, 15) is 9.59 Å². The van der Waals surface area contributed by atoms with Gasteiger partial charge in [-0.3, -0.25) is 9.59 Å². The molecule has 5 rings (SSSR count). The van der Waals surface area contributed by atoms with Crippen LogP contribution in [0.2, 0.25) is 0 Å². The van der Waals surface area contributed by atoms with Crippen LogP contribution in [0.25, 0.3) is 0 Å². The summed E-state index contributed by atoms with van der Waals surface area (Å²) in [5, 5.41) is 0.840. The SMILES string of the molecule is O=C1SCCSCCSCCSC(=O)C23CC4CC(CC1(C4)C2)C3. The lowest BCUT2D eigenvalue weighted by molar-refractivity contribution is -0.154. The average Bonchev–Trinajstić information content (AvgIpc) is 2.54. The molecule has 0 aromatic carbocycles. The molecule has 24 heavy (non-hydrogen) atoms. The van der Waals surface area contributed by atoms with Gasteiger partial charge in [-0.15, -0.1) is 0 Å². The highest BCUT2D eigenvalue weighted by molar-refractivity contribution is 8.15. The zero-order chi connectivity index (χ0) is 16.6. The maximum atomic E-state index is 13.1. The highest BCUT2D eigenvalue weighted by atomic mass is 32.2. The van der Waals surface area contributed by atoms with Gasteiger partial charge in [-0.05, 0) is 50.4 Å². The number of carbonyl (C=O) groups is 2. The first-order chi connectivity index (χ1) is 11.6. The smallest absolute Gasteiger partial charge is 0.195 e. The predicted molar refractivity (Wildman–Crippen MR) is 109 cm³/mol. The summed E-state index contributed by atoms with van der Waals surface area (Å²) in [6.07, 6.45) is 6.40.